The van der Waals surface area contributed by atoms with Crippen LogP contribution in [0.15, 0.2) is 22.9 Å². The van der Waals surface area contributed by atoms with Crippen LogP contribution in [0.5, 0.6) is 0 Å². The first-order chi connectivity index (χ1) is 6.22. The van der Waals surface area contributed by atoms with Gasteiger partial charge in [0.25, 0.3) is 0 Å². The number of esters is 1. The predicted octanol–water partition coefficient (Wildman–Crippen LogP) is 1.37. The minimum atomic E-state index is -0.553. The number of carbonyl (C=O) groups excluding carboxylic acids is 1. The number of aromatic nitrogens is 1. The molecule has 1 heterocycles. The molecule has 0 aliphatic heterocycles. The molecule has 0 aliphatic carbocycles. The predicted molar refractivity (Wildman–Crippen MR) is 50.8 cm³/mol. The average Bonchev–Trinajstić information content (AvgIpc) is 2.16. The minimum Gasteiger partial charge on any atom is -0.459 e. The first kappa shape index (κ1) is 9.75. The van der Waals surface area contributed by atoms with Crippen molar-refractivity contribution in [1.29, 1.82) is 0 Å². The van der Waals surface area contributed by atoms with Gasteiger partial charge in [-0.3, -0.25) is 0 Å². The molecule has 1 aromatic heterocycles. The third kappa shape index (κ3) is 3.26. The molecular formula is C9H6BrNO2. The molecule has 0 unspecified atom stereocenters. The molecule has 13 heavy (non-hydrogen) atoms. The average molecular weight is 240 g/mol. The molecule has 0 N–H and O–H groups in total. The number of nitrogens with zero attached hydrogens (tertiary/aromatic N) is 1. The fourth-order valence-electron chi connectivity index (χ4n) is 0.624. The minimum absolute atomic E-state index is 0.553. The Morgan fingerprint density at radius 1 is 1.62 bits per heavy atom. The number of hydrogen-bond donors (Lipinski definition) is 0. The first-order valence-electron chi connectivity index (χ1n) is 3.44. The smallest absolute Gasteiger partial charge is 0.384 e. The van der Waals surface area contributed by atoms with Crippen LogP contribution in [0.3, 0.4) is 0 Å². The lowest BCUT2D eigenvalue weighted by Crippen LogP contribution is -1.94. The molecule has 0 bridgehead atoms. The van der Waals surface area contributed by atoms with E-state index >= 15 is 0 Å². The Labute approximate surface area is 84.3 Å². The van der Waals surface area contributed by atoms with E-state index in [0.29, 0.717) is 5.56 Å². The van der Waals surface area contributed by atoms with Gasteiger partial charge in [-0.25, -0.2) is 9.78 Å². The Kier molecular flexibility index (Phi) is 3.47. The number of pyridine rings is 1. The number of methoxy groups -OCH3 is 1. The molecule has 3 nitrogen and oxygen atoms in total. The van der Waals surface area contributed by atoms with Crippen LogP contribution in [0, 0.1) is 11.8 Å². The highest BCUT2D eigenvalue weighted by Gasteiger charge is 1.91. The number of carbonyl (C=O) groups is 1. The quantitative estimate of drug-likeness (QED) is 0.390. The van der Waals surface area contributed by atoms with Crippen molar-refractivity contribution in [1.82, 2.24) is 4.98 Å². The van der Waals surface area contributed by atoms with Crippen molar-refractivity contribution in [2.75, 3.05) is 7.11 Å². The van der Waals surface area contributed by atoms with Crippen LogP contribution >= 0.6 is 15.9 Å². The maximum atomic E-state index is 10.6. The molecular weight excluding hydrogens is 234 g/mol. The van der Waals surface area contributed by atoms with Gasteiger partial charge in [-0.1, -0.05) is 5.92 Å². The third-order valence-electron chi connectivity index (χ3n) is 1.22. The van der Waals surface area contributed by atoms with Gasteiger partial charge in [0.15, 0.2) is 0 Å². The van der Waals surface area contributed by atoms with Crippen LogP contribution < -0.4 is 0 Å². The van der Waals surface area contributed by atoms with Crippen molar-refractivity contribution in [3.63, 3.8) is 0 Å². The molecule has 0 radical (unpaired) electrons. The van der Waals surface area contributed by atoms with Crippen molar-refractivity contribution in [3.8, 4) is 11.8 Å². The van der Waals surface area contributed by atoms with Gasteiger partial charge in [0.2, 0.25) is 0 Å². The van der Waals surface area contributed by atoms with Gasteiger partial charge in [0.05, 0.1) is 7.11 Å². The topological polar surface area (TPSA) is 39.2 Å². The number of rotatable bonds is 0. The SMILES string of the molecule is COC(=O)C#Cc1ccc(Br)nc1. The van der Waals surface area contributed by atoms with E-state index in [1.807, 2.05) is 0 Å². The Morgan fingerprint density at radius 3 is 2.92 bits per heavy atom. The second-order valence-corrected chi connectivity index (χ2v) is 2.92. The van der Waals surface area contributed by atoms with Gasteiger partial charge in [-0.15, -0.1) is 0 Å². The van der Waals surface area contributed by atoms with Crippen LogP contribution in [0.25, 0.3) is 0 Å². The normalized spacial score (nSPS) is 8.46. The summed E-state index contributed by atoms with van der Waals surface area (Å²) in [6.07, 6.45) is 1.57. The van der Waals surface area contributed by atoms with E-state index in [4.69, 9.17) is 0 Å². The van der Waals surface area contributed by atoms with Crippen molar-refractivity contribution >= 4 is 21.9 Å². The highest BCUT2D eigenvalue weighted by molar-refractivity contribution is 9.10. The molecule has 0 saturated heterocycles. The first-order valence-corrected chi connectivity index (χ1v) is 4.23. The summed E-state index contributed by atoms with van der Waals surface area (Å²) >= 11 is 3.19. The highest BCUT2D eigenvalue weighted by atomic mass is 79.9. The van der Waals surface area contributed by atoms with E-state index in [0.717, 1.165) is 4.60 Å². The van der Waals surface area contributed by atoms with Crippen LogP contribution in [-0.2, 0) is 9.53 Å². The van der Waals surface area contributed by atoms with E-state index in [1.54, 1.807) is 18.3 Å². The van der Waals surface area contributed by atoms with Crippen LogP contribution in [-0.4, -0.2) is 18.1 Å². The van der Waals surface area contributed by atoms with Gasteiger partial charge >= 0.3 is 5.97 Å². The molecule has 1 rings (SSSR count). The summed E-state index contributed by atoms with van der Waals surface area (Å²) in [6, 6.07) is 3.51. The van der Waals surface area contributed by atoms with Crippen molar-refractivity contribution in [3.05, 3.63) is 28.5 Å². The van der Waals surface area contributed by atoms with E-state index < -0.39 is 5.97 Å². The highest BCUT2D eigenvalue weighted by Crippen LogP contribution is 2.04. The van der Waals surface area contributed by atoms with E-state index in [1.165, 1.54) is 7.11 Å². The maximum Gasteiger partial charge on any atom is 0.384 e. The van der Waals surface area contributed by atoms with Crippen LogP contribution in [0.4, 0.5) is 0 Å². The Balaban J connectivity index is 2.78. The summed E-state index contributed by atoms with van der Waals surface area (Å²) in [7, 11) is 1.29. The Morgan fingerprint density at radius 2 is 2.38 bits per heavy atom. The lowest BCUT2D eigenvalue weighted by molar-refractivity contribution is -0.133. The fraction of sp³-hybridized carbons (Fsp3) is 0.111. The van der Waals surface area contributed by atoms with Crippen LogP contribution in [0.1, 0.15) is 5.56 Å². The molecule has 0 aromatic carbocycles. The largest absolute Gasteiger partial charge is 0.459 e. The molecule has 0 aliphatic rings. The van der Waals surface area contributed by atoms with Gasteiger partial charge < -0.3 is 4.74 Å². The van der Waals surface area contributed by atoms with Crippen molar-refractivity contribution < 1.29 is 9.53 Å². The second-order valence-electron chi connectivity index (χ2n) is 2.11. The van der Waals surface area contributed by atoms with Crippen molar-refractivity contribution in [2.45, 2.75) is 0 Å². The molecule has 1 aromatic rings. The number of halogens is 1. The lowest BCUT2D eigenvalue weighted by atomic mass is 10.3. The zero-order valence-corrected chi connectivity index (χ0v) is 8.46. The van der Waals surface area contributed by atoms with E-state index in [-0.39, 0.29) is 0 Å². The lowest BCUT2D eigenvalue weighted by Gasteiger charge is -1.89. The Bertz CT molecular complexity index is 361. The summed E-state index contributed by atoms with van der Waals surface area (Å²) in [5, 5.41) is 0. The van der Waals surface area contributed by atoms with E-state index in [9.17, 15) is 4.79 Å². The molecule has 0 saturated carbocycles. The fourth-order valence-corrected chi connectivity index (χ4v) is 0.859. The second kappa shape index (κ2) is 4.63. The molecule has 0 atom stereocenters. The van der Waals surface area contributed by atoms with Gasteiger partial charge in [-0.05, 0) is 28.1 Å². The van der Waals surface area contributed by atoms with Crippen LogP contribution in [0.2, 0.25) is 0 Å². The summed E-state index contributed by atoms with van der Waals surface area (Å²) in [5.41, 5.74) is 0.675. The maximum absolute atomic E-state index is 10.6. The monoisotopic (exact) mass is 239 g/mol. The number of hydrogen-bond acceptors (Lipinski definition) is 3. The van der Waals surface area contributed by atoms with Gasteiger partial charge in [-0.2, -0.15) is 0 Å². The molecule has 0 fully saturated rings. The zero-order valence-electron chi connectivity index (χ0n) is 6.87. The molecule has 0 amide bonds. The van der Waals surface area contributed by atoms with Gasteiger partial charge in [0.1, 0.15) is 4.60 Å². The van der Waals surface area contributed by atoms with Crippen molar-refractivity contribution in [2.24, 2.45) is 0 Å². The summed E-state index contributed by atoms with van der Waals surface area (Å²) in [5.74, 6) is 4.36. The molecule has 0 spiro atoms. The Hall–Kier alpha value is -1.34. The van der Waals surface area contributed by atoms with E-state index in [2.05, 4.69) is 37.5 Å². The summed E-state index contributed by atoms with van der Waals surface area (Å²) in [6.45, 7) is 0. The third-order valence-corrected chi connectivity index (χ3v) is 1.69. The molecule has 4 heteroatoms. The molecule has 66 valence electrons. The van der Waals surface area contributed by atoms with Gasteiger partial charge in [0, 0.05) is 17.7 Å². The standard InChI is InChI=1S/C9H6BrNO2/c1-13-9(12)5-3-7-2-4-8(10)11-6-7/h2,4,6H,1H3. The number of ether oxygens (including phenoxy) is 1. The summed E-state index contributed by atoms with van der Waals surface area (Å²) < 4.78 is 5.09. The zero-order chi connectivity index (χ0) is 9.68. The summed E-state index contributed by atoms with van der Waals surface area (Å²) in [4.78, 5) is 14.6.